The van der Waals surface area contributed by atoms with E-state index in [1.807, 2.05) is 0 Å². The van der Waals surface area contributed by atoms with Gasteiger partial charge in [-0.2, -0.15) is 0 Å². The van der Waals surface area contributed by atoms with Gasteiger partial charge in [0.25, 0.3) is 6.71 Å². The van der Waals surface area contributed by atoms with E-state index in [-0.39, 0.29) is 16.5 Å². The Morgan fingerprint density at radius 3 is 1.81 bits per heavy atom. The molecule has 3 heteroatoms. The van der Waals surface area contributed by atoms with Crippen molar-refractivity contribution in [2.24, 2.45) is 40.9 Å². The van der Waals surface area contributed by atoms with E-state index in [0.717, 1.165) is 35.5 Å². The fourth-order valence-corrected chi connectivity index (χ4v) is 16.4. The van der Waals surface area contributed by atoms with Gasteiger partial charge in [-0.3, -0.25) is 0 Å². The van der Waals surface area contributed by atoms with Crippen LogP contribution in [0.25, 0.3) is 0 Å². The van der Waals surface area contributed by atoms with E-state index in [1.54, 1.807) is 50.3 Å². The van der Waals surface area contributed by atoms with E-state index in [9.17, 15) is 0 Å². The summed E-state index contributed by atoms with van der Waals surface area (Å²) in [7, 11) is 0. The molecule has 11 aliphatic rings. The van der Waals surface area contributed by atoms with Crippen molar-refractivity contribution in [3.8, 4) is 0 Å². The lowest BCUT2D eigenvalue weighted by molar-refractivity contribution is -0.175. The Bertz CT molecular complexity index is 2170. The Morgan fingerprint density at radius 1 is 0.604 bits per heavy atom. The third-order valence-corrected chi connectivity index (χ3v) is 17.8. The Labute approximate surface area is 285 Å². The molecule has 8 aliphatic carbocycles. The van der Waals surface area contributed by atoms with E-state index in [2.05, 4.69) is 103 Å². The van der Waals surface area contributed by atoms with Crippen LogP contribution in [0.2, 0.25) is 0 Å². The molecular formula is C45H43BN2. The van der Waals surface area contributed by atoms with Gasteiger partial charge >= 0.3 is 0 Å². The van der Waals surface area contributed by atoms with Gasteiger partial charge in [0.1, 0.15) is 0 Å². The van der Waals surface area contributed by atoms with Crippen LogP contribution in [0, 0.1) is 47.8 Å². The summed E-state index contributed by atoms with van der Waals surface area (Å²) in [6, 6.07) is 31.9. The van der Waals surface area contributed by atoms with Crippen LogP contribution in [0.15, 0.2) is 78.9 Å². The van der Waals surface area contributed by atoms with Crippen molar-refractivity contribution in [1.29, 1.82) is 0 Å². The number of hydrogen-bond acceptors (Lipinski definition) is 2. The minimum absolute atomic E-state index is 0.204. The highest BCUT2D eigenvalue weighted by Gasteiger charge is 2.79. The predicted molar refractivity (Wildman–Crippen MR) is 195 cm³/mol. The molecule has 4 aromatic carbocycles. The SMILES string of the molecule is Cc1cc2c3c(c1)N(C14CC5CC1CC5C4)c1cccc4c1B3c1c(cccc1C4(C)c1ccccc1)N2C12CC3CC4CC(C1)C43C2. The molecule has 5 atom stereocenters. The maximum absolute atomic E-state index is 3.06. The molecule has 2 nitrogen and oxygen atoms in total. The highest BCUT2D eigenvalue weighted by Crippen LogP contribution is 2.83. The van der Waals surface area contributed by atoms with Crippen LogP contribution < -0.4 is 26.2 Å². The van der Waals surface area contributed by atoms with Gasteiger partial charge in [0.2, 0.25) is 0 Å². The third-order valence-electron chi connectivity index (χ3n) is 17.8. The van der Waals surface area contributed by atoms with Crippen molar-refractivity contribution in [1.82, 2.24) is 0 Å². The summed E-state index contributed by atoms with van der Waals surface area (Å²) < 4.78 is 0. The van der Waals surface area contributed by atoms with Gasteiger partial charge in [-0.1, -0.05) is 54.6 Å². The zero-order chi connectivity index (χ0) is 31.1. The van der Waals surface area contributed by atoms with Gasteiger partial charge in [0.15, 0.2) is 0 Å². The van der Waals surface area contributed by atoms with E-state index < -0.39 is 0 Å². The van der Waals surface area contributed by atoms with Crippen molar-refractivity contribution < 1.29 is 0 Å². The maximum atomic E-state index is 3.06. The first kappa shape index (κ1) is 25.5. The Morgan fingerprint density at radius 2 is 1.23 bits per heavy atom. The average molecular weight is 623 g/mol. The second kappa shape index (κ2) is 7.50. The fraction of sp³-hybridized carbons (Fsp3) is 0.467. The average Bonchev–Trinajstić information content (AvgIpc) is 3.92. The van der Waals surface area contributed by atoms with E-state index in [0.29, 0.717) is 12.1 Å². The summed E-state index contributed by atoms with van der Waals surface area (Å²) in [5.41, 5.74) is 18.2. The first-order valence-electron chi connectivity index (χ1n) is 19.5. The lowest BCUT2D eigenvalue weighted by atomic mass is 9.28. The monoisotopic (exact) mass is 622 g/mol. The molecule has 48 heavy (non-hydrogen) atoms. The van der Waals surface area contributed by atoms with Crippen LogP contribution >= 0.6 is 0 Å². The van der Waals surface area contributed by atoms with Crippen LogP contribution in [0.4, 0.5) is 22.7 Å². The standard InChI is InChI=1S/C45H43BN2/c1-25-14-37-41-38(15-25)48(44-20-26-16-29(44)17-27(26)21-44)36-13-7-11-34-40(36)46(41)39-33(42(34,2)28-8-4-3-5-9-28)10-6-12-35(39)47(37)43-22-31-18-30-19-32(23-43)45(30,31)24-43/h3-15,26-27,29-32H,16-24H2,1-2H3. The lowest BCUT2D eigenvalue weighted by Crippen LogP contribution is -2.71. The smallest absolute Gasteiger partial charge is 0.252 e. The minimum Gasteiger partial charge on any atom is -0.336 e. The van der Waals surface area contributed by atoms with Crippen molar-refractivity contribution in [3.05, 3.63) is 101 Å². The number of hydrogen-bond donors (Lipinski definition) is 0. The summed E-state index contributed by atoms with van der Waals surface area (Å²) in [4.78, 5) is 6.10. The first-order chi connectivity index (χ1) is 23.4. The second-order valence-corrected chi connectivity index (χ2v) is 19.0. The summed E-state index contributed by atoms with van der Waals surface area (Å²) >= 11 is 0. The number of fused-ring (bicyclic) bond motifs is 1. The summed E-state index contributed by atoms with van der Waals surface area (Å²) in [6.07, 6.45) is 13.0. The van der Waals surface area contributed by atoms with Gasteiger partial charge in [-0.05, 0) is 175 Å². The van der Waals surface area contributed by atoms with Crippen molar-refractivity contribution in [3.63, 3.8) is 0 Å². The molecular weight excluding hydrogens is 579 g/mol. The lowest BCUT2D eigenvalue weighted by Gasteiger charge is -2.66. The molecule has 1 spiro atoms. The van der Waals surface area contributed by atoms with Crippen molar-refractivity contribution in [2.75, 3.05) is 9.80 Å². The molecule has 0 N–H and O–H groups in total. The molecule has 5 unspecified atom stereocenters. The quantitative estimate of drug-likeness (QED) is 0.215. The predicted octanol–water partition coefficient (Wildman–Crippen LogP) is 7.85. The molecule has 4 aromatic rings. The Hall–Kier alpha value is -3.46. The molecule has 15 rings (SSSR count). The maximum Gasteiger partial charge on any atom is 0.252 e. The fourth-order valence-electron chi connectivity index (χ4n) is 16.4. The van der Waals surface area contributed by atoms with Crippen LogP contribution in [-0.4, -0.2) is 17.8 Å². The van der Waals surface area contributed by atoms with Crippen molar-refractivity contribution in [2.45, 2.75) is 88.1 Å². The number of anilines is 4. The van der Waals surface area contributed by atoms with Gasteiger partial charge < -0.3 is 9.80 Å². The zero-order valence-electron chi connectivity index (χ0n) is 28.3. The van der Waals surface area contributed by atoms with Gasteiger partial charge in [0, 0.05) is 39.2 Å². The van der Waals surface area contributed by atoms with Gasteiger partial charge in [-0.25, -0.2) is 0 Å². The minimum atomic E-state index is -0.204. The van der Waals surface area contributed by atoms with Gasteiger partial charge in [0.05, 0.1) is 0 Å². The molecule has 0 saturated heterocycles. The van der Waals surface area contributed by atoms with Crippen LogP contribution in [-0.2, 0) is 5.41 Å². The molecule has 3 heterocycles. The second-order valence-electron chi connectivity index (χ2n) is 19.0. The third kappa shape index (κ3) is 2.36. The van der Waals surface area contributed by atoms with Gasteiger partial charge in [-0.15, -0.1) is 0 Å². The normalized spacial score (nSPS) is 42.7. The number of aryl methyl sites for hydroxylation is 1. The molecule has 8 fully saturated rings. The molecule has 6 bridgehead atoms. The number of rotatable bonds is 3. The topological polar surface area (TPSA) is 6.48 Å². The largest absolute Gasteiger partial charge is 0.336 e. The molecule has 0 aromatic heterocycles. The molecule has 0 radical (unpaired) electrons. The van der Waals surface area contributed by atoms with Crippen LogP contribution in [0.5, 0.6) is 0 Å². The molecule has 8 saturated carbocycles. The van der Waals surface area contributed by atoms with Crippen molar-refractivity contribution >= 4 is 45.9 Å². The van der Waals surface area contributed by atoms with Crippen LogP contribution in [0.3, 0.4) is 0 Å². The highest BCUT2D eigenvalue weighted by atomic mass is 15.3. The molecule has 236 valence electrons. The summed E-state index contributed by atoms with van der Waals surface area (Å²) in [6.45, 7) is 5.29. The highest BCUT2D eigenvalue weighted by molar-refractivity contribution is 7.01. The zero-order valence-corrected chi connectivity index (χ0v) is 28.3. The summed E-state index contributed by atoms with van der Waals surface area (Å²) in [5, 5.41) is 0. The molecule has 3 aliphatic heterocycles. The summed E-state index contributed by atoms with van der Waals surface area (Å²) in [5.74, 6) is 5.69. The van der Waals surface area contributed by atoms with Crippen LogP contribution in [0.1, 0.15) is 87.0 Å². The molecule has 0 amide bonds. The Balaban J connectivity index is 1.12. The van der Waals surface area contributed by atoms with E-state index in [4.69, 9.17) is 0 Å². The number of benzene rings is 4. The number of nitrogens with zero attached hydrogens (tertiary/aromatic N) is 2. The van der Waals surface area contributed by atoms with E-state index in [1.165, 1.54) is 68.9 Å². The Kier molecular flexibility index (Phi) is 3.98. The van der Waals surface area contributed by atoms with E-state index >= 15 is 0 Å². The first-order valence-corrected chi connectivity index (χ1v) is 19.5.